The molecule has 1 aromatic carbocycles. The quantitative estimate of drug-likeness (QED) is 0.0746. The minimum atomic E-state index is -3.37. The molecule has 1 aliphatic rings. The van der Waals surface area contributed by atoms with Crippen LogP contribution in [0.15, 0.2) is 17.3 Å². The van der Waals surface area contributed by atoms with Gasteiger partial charge in [-0.2, -0.15) is 0 Å². The smallest absolute Gasteiger partial charge is 0.328 e. The largest absolute Gasteiger partial charge is 0.504 e. The van der Waals surface area contributed by atoms with Crippen LogP contribution in [0.25, 0.3) is 0 Å². The fourth-order valence-corrected chi connectivity index (χ4v) is 3.91. The Bertz CT molecular complexity index is 1020. The number of aliphatic carboxylic acids is 1. The molecule has 12 nitrogen and oxygen atoms in total. The molecule has 2 amide bonds. The van der Waals surface area contributed by atoms with E-state index in [1.54, 1.807) is 6.92 Å². The summed E-state index contributed by atoms with van der Waals surface area (Å²) in [5, 5.41) is 34.0. The lowest BCUT2D eigenvalue weighted by Gasteiger charge is -2.45. The molecule has 1 fully saturated rings. The first kappa shape index (κ1) is 25.2. The summed E-state index contributed by atoms with van der Waals surface area (Å²) in [6.07, 6.45) is 0.915. The van der Waals surface area contributed by atoms with Crippen LogP contribution in [0.3, 0.4) is 0 Å². The van der Waals surface area contributed by atoms with Crippen molar-refractivity contribution in [1.82, 2.24) is 10.2 Å². The third-order valence-corrected chi connectivity index (χ3v) is 6.43. The predicted octanol–water partition coefficient (Wildman–Crippen LogP) is -0.0725. The summed E-state index contributed by atoms with van der Waals surface area (Å²) in [4.78, 5) is 41.6. The van der Waals surface area contributed by atoms with Gasteiger partial charge < -0.3 is 30.4 Å². The molecule has 1 aromatic rings. The first-order chi connectivity index (χ1) is 14.9. The summed E-state index contributed by atoms with van der Waals surface area (Å²) < 4.78 is 21.7. The van der Waals surface area contributed by atoms with E-state index in [9.17, 15) is 38.1 Å². The molecule has 0 radical (unpaired) electrons. The Kier molecular flexibility index (Phi) is 7.91. The number of carboxylic acids is 1. The van der Waals surface area contributed by atoms with Gasteiger partial charge >= 0.3 is 5.97 Å². The molecule has 3 atom stereocenters. The number of phenols is 2. The summed E-state index contributed by atoms with van der Waals surface area (Å²) >= 11 is 5.79. The molecule has 0 spiro atoms. The maximum Gasteiger partial charge on any atom is 0.328 e. The SMILES string of the molecule is C[C@@H]1CC(=O)N1[C@@H](C(=O)O)[C@](C)(/C=N/OCCNC(=O)c1ccc(O)c(O)c1Cl)[SH](=O)=O. The minimum absolute atomic E-state index is 0.0981. The fourth-order valence-electron chi connectivity index (χ4n) is 3.09. The van der Waals surface area contributed by atoms with Crippen molar-refractivity contribution in [2.24, 2.45) is 5.16 Å². The number of nitrogens with zero attached hydrogens (tertiary/aromatic N) is 2. The molecule has 32 heavy (non-hydrogen) atoms. The van der Waals surface area contributed by atoms with E-state index in [1.807, 2.05) is 0 Å². The maximum absolute atomic E-state index is 12.1. The summed E-state index contributed by atoms with van der Waals surface area (Å²) in [7, 11) is -3.37. The second-order valence-corrected chi connectivity index (χ2v) is 9.05. The number of carbonyl (C=O) groups is 3. The Morgan fingerprint density at radius 3 is 2.62 bits per heavy atom. The first-order valence-corrected chi connectivity index (χ1v) is 10.8. The van der Waals surface area contributed by atoms with Crippen LogP contribution in [-0.2, 0) is 25.1 Å². The van der Waals surface area contributed by atoms with E-state index in [-0.39, 0.29) is 30.2 Å². The van der Waals surface area contributed by atoms with Gasteiger partial charge in [-0.15, -0.1) is 0 Å². The second kappa shape index (κ2) is 10.0. The number of phenolic OH excluding ortho intramolecular Hbond substituents is 2. The minimum Gasteiger partial charge on any atom is -0.504 e. The molecule has 176 valence electrons. The predicted molar refractivity (Wildman–Crippen MR) is 113 cm³/mol. The van der Waals surface area contributed by atoms with Crippen LogP contribution in [0.4, 0.5) is 0 Å². The molecule has 1 heterocycles. The van der Waals surface area contributed by atoms with Crippen LogP contribution < -0.4 is 5.32 Å². The molecule has 14 heteroatoms. The van der Waals surface area contributed by atoms with Crippen LogP contribution in [-0.4, -0.2) is 82.6 Å². The highest BCUT2D eigenvalue weighted by molar-refractivity contribution is 7.75. The molecule has 0 unspecified atom stereocenters. The van der Waals surface area contributed by atoms with Crippen molar-refractivity contribution in [3.05, 3.63) is 22.7 Å². The number of carboxylic acid groups (broad SMARTS) is 1. The van der Waals surface area contributed by atoms with Gasteiger partial charge in [-0.3, -0.25) is 9.59 Å². The topological polar surface area (TPSA) is 183 Å². The van der Waals surface area contributed by atoms with Crippen molar-refractivity contribution < 1.29 is 43.0 Å². The number of likely N-dealkylation sites (tertiary alicyclic amines) is 1. The fraction of sp³-hybridized carbons (Fsp3) is 0.444. The molecule has 0 aromatic heterocycles. The van der Waals surface area contributed by atoms with Crippen LogP contribution in [0.2, 0.25) is 5.02 Å². The van der Waals surface area contributed by atoms with E-state index in [4.69, 9.17) is 16.4 Å². The second-order valence-electron chi connectivity index (χ2n) is 7.20. The van der Waals surface area contributed by atoms with Crippen molar-refractivity contribution in [2.75, 3.05) is 13.2 Å². The Labute approximate surface area is 189 Å². The highest BCUT2D eigenvalue weighted by Gasteiger charge is 2.52. The zero-order valence-corrected chi connectivity index (χ0v) is 18.7. The van der Waals surface area contributed by atoms with Crippen molar-refractivity contribution in [3.63, 3.8) is 0 Å². The van der Waals surface area contributed by atoms with Gasteiger partial charge in [0.2, 0.25) is 5.91 Å². The number of thiol groups is 1. The van der Waals surface area contributed by atoms with Crippen molar-refractivity contribution in [2.45, 2.75) is 37.1 Å². The van der Waals surface area contributed by atoms with E-state index in [1.165, 1.54) is 6.07 Å². The highest BCUT2D eigenvalue weighted by Crippen LogP contribution is 2.35. The van der Waals surface area contributed by atoms with Crippen molar-refractivity contribution in [3.8, 4) is 11.5 Å². The normalized spacial score (nSPS) is 18.8. The van der Waals surface area contributed by atoms with E-state index >= 15 is 0 Å². The van der Waals surface area contributed by atoms with Crippen LogP contribution in [0.1, 0.15) is 30.6 Å². The van der Waals surface area contributed by atoms with Gasteiger partial charge in [-0.25, -0.2) is 13.2 Å². The third kappa shape index (κ3) is 5.05. The van der Waals surface area contributed by atoms with Gasteiger partial charge in [0.05, 0.1) is 23.3 Å². The number of oxime groups is 1. The maximum atomic E-state index is 12.1. The molecule has 0 saturated carbocycles. The zero-order chi connectivity index (χ0) is 24.2. The van der Waals surface area contributed by atoms with Gasteiger partial charge in [0.15, 0.2) is 28.2 Å². The average Bonchev–Trinajstić information content (AvgIpc) is 2.72. The Morgan fingerprint density at radius 1 is 1.44 bits per heavy atom. The average molecular weight is 492 g/mol. The van der Waals surface area contributed by atoms with E-state index in [0.717, 1.165) is 24.1 Å². The van der Waals surface area contributed by atoms with E-state index < -0.39 is 56.8 Å². The standard InChI is InChI=1S/C18H22ClN3O9S/c1-9-7-12(24)22(9)15(17(27)28)18(2,32(29)30)8-21-31-6-5-20-16(26)10-3-4-11(23)14(25)13(10)19/h3-4,8-9,15,23,25,32H,5-7H2,1-2H3,(H,20,26)(H,27,28)/b21-8+/t9-,15+,18+/m1/s1. The Balaban J connectivity index is 1.99. The molecule has 4 N–H and O–H groups in total. The van der Waals surface area contributed by atoms with E-state index in [2.05, 4.69) is 10.5 Å². The number of hydrogen-bond donors (Lipinski definition) is 5. The van der Waals surface area contributed by atoms with Gasteiger partial charge in [0.1, 0.15) is 11.4 Å². The van der Waals surface area contributed by atoms with Crippen LogP contribution in [0, 0.1) is 0 Å². The van der Waals surface area contributed by atoms with Crippen molar-refractivity contribution >= 4 is 46.3 Å². The molecule has 0 bridgehead atoms. The first-order valence-electron chi connectivity index (χ1n) is 9.25. The number of aromatic hydroxyl groups is 2. The zero-order valence-electron chi connectivity index (χ0n) is 17.0. The summed E-state index contributed by atoms with van der Waals surface area (Å²) in [5.74, 6) is -3.79. The number of amides is 2. The number of nitrogens with one attached hydrogen (secondary N) is 1. The molecule has 2 rings (SSSR count). The monoisotopic (exact) mass is 491 g/mol. The number of hydrogen-bond acceptors (Lipinski definition) is 9. The Hall–Kier alpha value is -3.06. The van der Waals surface area contributed by atoms with Crippen LogP contribution in [0.5, 0.6) is 11.5 Å². The molecule has 1 aliphatic heterocycles. The van der Waals surface area contributed by atoms with Crippen LogP contribution >= 0.6 is 11.6 Å². The highest BCUT2D eigenvalue weighted by atomic mass is 35.5. The summed E-state index contributed by atoms with van der Waals surface area (Å²) in [6.45, 7) is 2.40. The van der Waals surface area contributed by atoms with Gasteiger partial charge in [-0.05, 0) is 26.0 Å². The Morgan fingerprint density at radius 2 is 2.09 bits per heavy atom. The van der Waals surface area contributed by atoms with Crippen molar-refractivity contribution in [1.29, 1.82) is 0 Å². The lowest BCUT2D eigenvalue weighted by atomic mass is 9.92. The molecular weight excluding hydrogens is 470 g/mol. The third-order valence-electron chi connectivity index (χ3n) is 4.90. The number of rotatable bonds is 10. The lowest BCUT2D eigenvalue weighted by Crippen LogP contribution is -2.66. The number of benzene rings is 1. The van der Waals surface area contributed by atoms with Gasteiger partial charge in [-0.1, -0.05) is 16.8 Å². The molecule has 1 saturated heterocycles. The number of β-lactam (4-membered cyclic amide) rings is 1. The molecule has 0 aliphatic carbocycles. The number of carbonyl (C=O) groups excluding carboxylic acids is 2. The molecular formula is C18H22ClN3O9S. The van der Waals surface area contributed by atoms with E-state index in [0.29, 0.717) is 0 Å². The summed E-state index contributed by atoms with van der Waals surface area (Å²) in [5.41, 5.74) is -0.0981. The lowest BCUT2D eigenvalue weighted by molar-refractivity contribution is -0.161. The van der Waals surface area contributed by atoms with Gasteiger partial charge in [0, 0.05) is 12.5 Å². The number of halogens is 1. The van der Waals surface area contributed by atoms with Gasteiger partial charge in [0.25, 0.3) is 5.91 Å². The summed E-state index contributed by atoms with van der Waals surface area (Å²) in [6, 6.07) is 0.168.